The fourth-order valence-electron chi connectivity index (χ4n) is 1.89. The third kappa shape index (κ3) is 4.37. The van der Waals surface area contributed by atoms with Crippen LogP contribution in [0.2, 0.25) is 0 Å². The van der Waals surface area contributed by atoms with Crippen molar-refractivity contribution in [2.24, 2.45) is 5.73 Å². The van der Waals surface area contributed by atoms with Crippen molar-refractivity contribution in [3.8, 4) is 11.3 Å². The van der Waals surface area contributed by atoms with E-state index in [9.17, 15) is 4.79 Å². The standard InChI is InChI=1S/C16H21N3OS/c1-11-19-14(10-21-11)13-6-4-12(5-7-13)8-9-18-15(20)16(2,3)17/h4-7,10H,8-9,17H2,1-3H3,(H,18,20). The molecule has 112 valence electrons. The lowest BCUT2D eigenvalue weighted by Gasteiger charge is -2.17. The highest BCUT2D eigenvalue weighted by atomic mass is 32.1. The number of benzene rings is 1. The predicted molar refractivity (Wildman–Crippen MR) is 87.3 cm³/mol. The van der Waals surface area contributed by atoms with Crippen molar-refractivity contribution >= 4 is 17.2 Å². The van der Waals surface area contributed by atoms with Gasteiger partial charge in [-0.2, -0.15) is 0 Å². The van der Waals surface area contributed by atoms with Gasteiger partial charge in [-0.3, -0.25) is 4.79 Å². The van der Waals surface area contributed by atoms with Crippen LogP contribution in [0.1, 0.15) is 24.4 Å². The number of thiazole rings is 1. The van der Waals surface area contributed by atoms with E-state index in [1.165, 1.54) is 5.56 Å². The first-order valence-electron chi connectivity index (χ1n) is 6.95. The van der Waals surface area contributed by atoms with Gasteiger partial charge in [0.25, 0.3) is 0 Å². The lowest BCUT2D eigenvalue weighted by atomic mass is 10.1. The van der Waals surface area contributed by atoms with Gasteiger partial charge in [0.1, 0.15) is 0 Å². The quantitative estimate of drug-likeness (QED) is 0.892. The number of carbonyl (C=O) groups excluding carboxylic acids is 1. The molecule has 1 heterocycles. The highest BCUT2D eigenvalue weighted by Crippen LogP contribution is 2.21. The highest BCUT2D eigenvalue weighted by molar-refractivity contribution is 7.09. The lowest BCUT2D eigenvalue weighted by Crippen LogP contribution is -2.49. The fourth-order valence-corrected chi connectivity index (χ4v) is 2.51. The van der Waals surface area contributed by atoms with E-state index in [2.05, 4.69) is 39.9 Å². The topological polar surface area (TPSA) is 68.0 Å². The number of hydrogen-bond acceptors (Lipinski definition) is 4. The maximum atomic E-state index is 11.7. The Kier molecular flexibility index (Phi) is 4.75. The van der Waals surface area contributed by atoms with Gasteiger partial charge in [0.05, 0.1) is 16.2 Å². The molecule has 4 nitrogen and oxygen atoms in total. The van der Waals surface area contributed by atoms with Gasteiger partial charge < -0.3 is 11.1 Å². The Morgan fingerprint density at radius 2 is 2.00 bits per heavy atom. The van der Waals surface area contributed by atoms with Crippen LogP contribution in [0.5, 0.6) is 0 Å². The van der Waals surface area contributed by atoms with E-state index in [-0.39, 0.29) is 5.91 Å². The normalized spacial score (nSPS) is 11.4. The van der Waals surface area contributed by atoms with Crippen LogP contribution in [0.3, 0.4) is 0 Å². The average Bonchev–Trinajstić information content (AvgIpc) is 2.85. The van der Waals surface area contributed by atoms with Gasteiger partial charge in [-0.05, 0) is 32.8 Å². The third-order valence-corrected chi connectivity index (χ3v) is 3.93. The fraction of sp³-hybridized carbons (Fsp3) is 0.375. The number of aryl methyl sites for hydroxylation is 1. The number of aromatic nitrogens is 1. The van der Waals surface area contributed by atoms with E-state index in [4.69, 9.17) is 5.73 Å². The molecule has 0 saturated carbocycles. The first kappa shape index (κ1) is 15.7. The van der Waals surface area contributed by atoms with E-state index in [1.807, 2.05) is 6.92 Å². The van der Waals surface area contributed by atoms with E-state index in [0.717, 1.165) is 22.7 Å². The highest BCUT2D eigenvalue weighted by Gasteiger charge is 2.20. The van der Waals surface area contributed by atoms with Gasteiger partial charge in [0.15, 0.2) is 0 Å². The third-order valence-electron chi connectivity index (χ3n) is 3.15. The summed E-state index contributed by atoms with van der Waals surface area (Å²) < 4.78 is 0. The van der Waals surface area contributed by atoms with Crippen molar-refractivity contribution < 1.29 is 4.79 Å². The Morgan fingerprint density at radius 1 is 1.33 bits per heavy atom. The maximum Gasteiger partial charge on any atom is 0.239 e. The minimum atomic E-state index is -0.827. The minimum Gasteiger partial charge on any atom is -0.354 e. The smallest absolute Gasteiger partial charge is 0.239 e. The van der Waals surface area contributed by atoms with Crippen LogP contribution in [0.4, 0.5) is 0 Å². The summed E-state index contributed by atoms with van der Waals surface area (Å²) in [5.74, 6) is -0.128. The molecule has 0 fully saturated rings. The molecule has 1 aromatic heterocycles. The number of nitrogens with one attached hydrogen (secondary N) is 1. The second-order valence-corrected chi connectivity index (χ2v) is 6.74. The Labute approximate surface area is 129 Å². The summed E-state index contributed by atoms with van der Waals surface area (Å²) in [5.41, 5.74) is 8.22. The molecule has 0 unspecified atom stereocenters. The van der Waals surface area contributed by atoms with Crippen molar-refractivity contribution in [3.63, 3.8) is 0 Å². The molecular weight excluding hydrogens is 282 g/mol. The van der Waals surface area contributed by atoms with Gasteiger partial charge in [0.2, 0.25) is 5.91 Å². The van der Waals surface area contributed by atoms with Crippen LogP contribution in [-0.4, -0.2) is 23.0 Å². The Balaban J connectivity index is 1.90. The van der Waals surface area contributed by atoms with Crippen LogP contribution >= 0.6 is 11.3 Å². The van der Waals surface area contributed by atoms with Crippen molar-refractivity contribution in [3.05, 3.63) is 40.2 Å². The number of nitrogens with two attached hydrogens (primary N) is 1. The van der Waals surface area contributed by atoms with Gasteiger partial charge in [-0.1, -0.05) is 24.3 Å². The maximum absolute atomic E-state index is 11.7. The van der Waals surface area contributed by atoms with Gasteiger partial charge in [-0.25, -0.2) is 4.98 Å². The zero-order valence-corrected chi connectivity index (χ0v) is 13.5. The van der Waals surface area contributed by atoms with Gasteiger partial charge in [0, 0.05) is 17.5 Å². The van der Waals surface area contributed by atoms with Crippen LogP contribution in [0.15, 0.2) is 29.6 Å². The first-order valence-corrected chi connectivity index (χ1v) is 7.83. The van der Waals surface area contributed by atoms with Crippen LogP contribution in [0.25, 0.3) is 11.3 Å². The molecule has 0 radical (unpaired) electrons. The molecule has 21 heavy (non-hydrogen) atoms. The molecule has 2 aromatic rings. The summed E-state index contributed by atoms with van der Waals surface area (Å²) >= 11 is 1.65. The second-order valence-electron chi connectivity index (χ2n) is 5.68. The minimum absolute atomic E-state index is 0.128. The molecule has 0 aliphatic heterocycles. The van der Waals surface area contributed by atoms with E-state index >= 15 is 0 Å². The number of amides is 1. The van der Waals surface area contributed by atoms with Crippen LogP contribution in [-0.2, 0) is 11.2 Å². The molecule has 0 spiro atoms. The van der Waals surface area contributed by atoms with Crippen molar-refractivity contribution in [1.29, 1.82) is 0 Å². The van der Waals surface area contributed by atoms with Crippen LogP contribution in [0, 0.1) is 6.92 Å². The molecule has 0 aliphatic carbocycles. The molecule has 0 saturated heterocycles. The summed E-state index contributed by atoms with van der Waals surface area (Å²) in [5, 5.41) is 5.98. The predicted octanol–water partition coefficient (Wildman–Crippen LogP) is 2.51. The van der Waals surface area contributed by atoms with Gasteiger partial charge in [-0.15, -0.1) is 11.3 Å². The number of hydrogen-bond donors (Lipinski definition) is 2. The Hall–Kier alpha value is -1.72. The molecule has 2 rings (SSSR count). The lowest BCUT2D eigenvalue weighted by molar-refractivity contribution is -0.125. The SMILES string of the molecule is Cc1nc(-c2ccc(CCNC(=O)C(C)(C)N)cc2)cs1. The molecule has 1 aromatic carbocycles. The monoisotopic (exact) mass is 303 g/mol. The first-order chi connectivity index (χ1) is 9.86. The van der Waals surface area contributed by atoms with Crippen molar-refractivity contribution in [2.45, 2.75) is 32.7 Å². The molecule has 0 bridgehead atoms. The Bertz CT molecular complexity index is 611. The summed E-state index contributed by atoms with van der Waals surface area (Å²) in [4.78, 5) is 16.1. The number of rotatable bonds is 5. The Morgan fingerprint density at radius 3 is 2.52 bits per heavy atom. The molecule has 5 heteroatoms. The van der Waals surface area contributed by atoms with Crippen LogP contribution < -0.4 is 11.1 Å². The summed E-state index contributed by atoms with van der Waals surface area (Å²) in [6.07, 6.45) is 0.790. The van der Waals surface area contributed by atoms with Crippen molar-refractivity contribution in [1.82, 2.24) is 10.3 Å². The largest absolute Gasteiger partial charge is 0.354 e. The van der Waals surface area contributed by atoms with Crippen molar-refractivity contribution in [2.75, 3.05) is 6.54 Å². The zero-order chi connectivity index (χ0) is 15.5. The molecule has 1 amide bonds. The average molecular weight is 303 g/mol. The number of carbonyl (C=O) groups is 1. The molecular formula is C16H21N3OS. The second kappa shape index (κ2) is 6.37. The van der Waals surface area contributed by atoms with E-state index in [0.29, 0.717) is 6.54 Å². The molecule has 0 atom stereocenters. The van der Waals surface area contributed by atoms with E-state index < -0.39 is 5.54 Å². The van der Waals surface area contributed by atoms with Gasteiger partial charge >= 0.3 is 0 Å². The summed E-state index contributed by atoms with van der Waals surface area (Å²) in [6.45, 7) is 6.00. The van der Waals surface area contributed by atoms with E-state index in [1.54, 1.807) is 25.2 Å². The molecule has 3 N–H and O–H groups in total. The zero-order valence-electron chi connectivity index (χ0n) is 12.6. The number of nitrogens with zero attached hydrogens (tertiary/aromatic N) is 1. The summed E-state index contributed by atoms with van der Waals surface area (Å²) in [6, 6.07) is 8.28. The summed E-state index contributed by atoms with van der Waals surface area (Å²) in [7, 11) is 0. The molecule has 0 aliphatic rings.